The normalized spacial score (nSPS) is 10.5. The molecule has 0 spiro atoms. The van der Waals surface area contributed by atoms with Crippen molar-refractivity contribution in [3.8, 4) is 17.1 Å². The number of carbonyl (C=O) groups is 1. The molecule has 3 aromatic rings. The number of amides is 1. The van der Waals surface area contributed by atoms with E-state index in [9.17, 15) is 4.79 Å². The first-order chi connectivity index (χ1) is 11.6. The molecule has 24 heavy (non-hydrogen) atoms. The van der Waals surface area contributed by atoms with Crippen molar-refractivity contribution in [1.82, 2.24) is 5.16 Å². The van der Waals surface area contributed by atoms with Gasteiger partial charge in [0.25, 0.3) is 5.91 Å². The quantitative estimate of drug-likeness (QED) is 0.754. The van der Waals surface area contributed by atoms with Crippen LogP contribution in [0.1, 0.15) is 16.1 Å². The fraction of sp³-hybridized carbons (Fsp3) is 0.111. The van der Waals surface area contributed by atoms with Gasteiger partial charge in [-0.15, -0.1) is 0 Å². The van der Waals surface area contributed by atoms with Crippen molar-refractivity contribution in [3.05, 3.63) is 64.8 Å². The van der Waals surface area contributed by atoms with Gasteiger partial charge in [-0.25, -0.2) is 0 Å². The van der Waals surface area contributed by atoms with Crippen LogP contribution >= 0.6 is 11.6 Å². The first-order valence-electron chi connectivity index (χ1n) is 7.26. The number of benzene rings is 2. The summed E-state index contributed by atoms with van der Waals surface area (Å²) in [6.07, 6.45) is 0. The molecule has 0 saturated carbocycles. The largest absolute Gasteiger partial charge is 0.495 e. The molecule has 1 heterocycles. The number of carbonyl (C=O) groups excluding carboxylic acids is 1. The minimum atomic E-state index is -0.375. The minimum Gasteiger partial charge on any atom is -0.495 e. The molecule has 2 aromatic carbocycles. The molecule has 1 N–H and O–H groups in total. The highest BCUT2D eigenvalue weighted by Crippen LogP contribution is 2.28. The highest BCUT2D eigenvalue weighted by atomic mass is 35.5. The van der Waals surface area contributed by atoms with E-state index in [0.717, 1.165) is 11.1 Å². The summed E-state index contributed by atoms with van der Waals surface area (Å²) in [4.78, 5) is 12.3. The Morgan fingerprint density at radius 3 is 2.71 bits per heavy atom. The molecule has 0 aliphatic heterocycles. The number of methoxy groups -OCH3 is 1. The number of hydrogen-bond acceptors (Lipinski definition) is 4. The Bertz CT molecular complexity index is 889. The fourth-order valence-corrected chi connectivity index (χ4v) is 2.56. The maximum absolute atomic E-state index is 12.3. The molecule has 6 heteroatoms. The van der Waals surface area contributed by atoms with E-state index < -0.39 is 0 Å². The number of anilines is 1. The SMILES string of the molecule is COc1ccc(NC(=O)c2cc(-c3ccccc3C)on2)cc1Cl. The number of aromatic nitrogens is 1. The predicted molar refractivity (Wildman–Crippen MR) is 92.6 cm³/mol. The van der Waals surface area contributed by atoms with Gasteiger partial charge in [-0.1, -0.05) is 41.0 Å². The molecule has 0 saturated heterocycles. The Hall–Kier alpha value is -2.79. The van der Waals surface area contributed by atoms with Crippen LogP contribution in [0.3, 0.4) is 0 Å². The highest BCUT2D eigenvalue weighted by molar-refractivity contribution is 6.32. The van der Waals surface area contributed by atoms with Crippen LogP contribution in [-0.2, 0) is 0 Å². The van der Waals surface area contributed by atoms with Crippen molar-refractivity contribution < 1.29 is 14.1 Å². The van der Waals surface area contributed by atoms with Gasteiger partial charge in [-0.2, -0.15) is 0 Å². The molecule has 0 unspecified atom stereocenters. The van der Waals surface area contributed by atoms with Crippen molar-refractivity contribution >= 4 is 23.2 Å². The monoisotopic (exact) mass is 342 g/mol. The Morgan fingerprint density at radius 1 is 1.21 bits per heavy atom. The molecule has 0 fully saturated rings. The van der Waals surface area contributed by atoms with E-state index in [-0.39, 0.29) is 11.6 Å². The van der Waals surface area contributed by atoms with Gasteiger partial charge in [0.05, 0.1) is 12.1 Å². The van der Waals surface area contributed by atoms with Crippen LogP contribution in [0.2, 0.25) is 5.02 Å². The number of ether oxygens (including phenoxy) is 1. The lowest BCUT2D eigenvalue weighted by Crippen LogP contribution is -2.12. The zero-order valence-electron chi connectivity index (χ0n) is 13.2. The second-order valence-corrected chi connectivity index (χ2v) is 5.60. The number of hydrogen-bond donors (Lipinski definition) is 1. The van der Waals surface area contributed by atoms with Gasteiger partial charge in [0.15, 0.2) is 11.5 Å². The van der Waals surface area contributed by atoms with Crippen molar-refractivity contribution in [1.29, 1.82) is 0 Å². The molecule has 0 aliphatic carbocycles. The van der Waals surface area contributed by atoms with E-state index in [0.29, 0.717) is 22.2 Å². The van der Waals surface area contributed by atoms with Crippen molar-refractivity contribution in [2.45, 2.75) is 6.92 Å². The average Bonchev–Trinajstić information content (AvgIpc) is 3.05. The van der Waals surface area contributed by atoms with E-state index >= 15 is 0 Å². The maximum Gasteiger partial charge on any atom is 0.277 e. The van der Waals surface area contributed by atoms with Crippen molar-refractivity contribution in [2.75, 3.05) is 12.4 Å². The van der Waals surface area contributed by atoms with E-state index in [1.165, 1.54) is 7.11 Å². The summed E-state index contributed by atoms with van der Waals surface area (Å²) in [6, 6.07) is 14.3. The van der Waals surface area contributed by atoms with Gasteiger partial charge in [0.2, 0.25) is 0 Å². The molecule has 3 rings (SSSR count). The summed E-state index contributed by atoms with van der Waals surface area (Å²) in [5, 5.41) is 6.98. The first-order valence-corrected chi connectivity index (χ1v) is 7.64. The molecule has 0 radical (unpaired) electrons. The van der Waals surface area contributed by atoms with Crippen molar-refractivity contribution in [3.63, 3.8) is 0 Å². The second-order valence-electron chi connectivity index (χ2n) is 5.19. The Balaban J connectivity index is 1.79. The lowest BCUT2D eigenvalue weighted by Gasteiger charge is -2.06. The third-order valence-electron chi connectivity index (χ3n) is 3.56. The zero-order valence-corrected chi connectivity index (χ0v) is 13.9. The third kappa shape index (κ3) is 3.26. The van der Waals surface area contributed by atoms with Crippen LogP contribution in [0.25, 0.3) is 11.3 Å². The van der Waals surface area contributed by atoms with Crippen LogP contribution in [0.15, 0.2) is 53.1 Å². The Labute approximate surface area is 144 Å². The molecule has 1 amide bonds. The number of aryl methyl sites for hydroxylation is 1. The van der Waals surface area contributed by atoms with Crippen LogP contribution < -0.4 is 10.1 Å². The minimum absolute atomic E-state index is 0.195. The standard InChI is InChI=1S/C18H15ClN2O3/c1-11-5-3-4-6-13(11)17-10-15(21-24-17)18(22)20-12-7-8-16(23-2)14(19)9-12/h3-10H,1-2H3,(H,20,22). The predicted octanol–water partition coefficient (Wildman–Crippen LogP) is 4.56. The van der Waals surface area contributed by atoms with Gasteiger partial charge in [0.1, 0.15) is 5.75 Å². The molecule has 1 aromatic heterocycles. The van der Waals surface area contributed by atoms with Gasteiger partial charge in [-0.05, 0) is 30.7 Å². The lowest BCUT2D eigenvalue weighted by molar-refractivity contribution is 0.101. The molecular formula is C18H15ClN2O3. The summed E-state index contributed by atoms with van der Waals surface area (Å²) in [5.74, 6) is 0.712. The lowest BCUT2D eigenvalue weighted by atomic mass is 10.1. The van der Waals surface area contributed by atoms with E-state index in [1.54, 1.807) is 24.3 Å². The molecule has 0 atom stereocenters. The Kier molecular flexibility index (Phi) is 4.53. The van der Waals surface area contributed by atoms with Crippen molar-refractivity contribution in [2.24, 2.45) is 0 Å². The third-order valence-corrected chi connectivity index (χ3v) is 3.86. The van der Waals surface area contributed by atoms with Gasteiger partial charge < -0.3 is 14.6 Å². The topological polar surface area (TPSA) is 64.4 Å². The maximum atomic E-state index is 12.3. The molecular weight excluding hydrogens is 328 g/mol. The van der Waals surface area contributed by atoms with Gasteiger partial charge in [-0.3, -0.25) is 4.79 Å². The zero-order chi connectivity index (χ0) is 17.1. The van der Waals surface area contributed by atoms with Crippen LogP contribution in [0.5, 0.6) is 5.75 Å². The highest BCUT2D eigenvalue weighted by Gasteiger charge is 2.15. The fourth-order valence-electron chi connectivity index (χ4n) is 2.30. The molecule has 5 nitrogen and oxygen atoms in total. The second kappa shape index (κ2) is 6.76. The first kappa shape index (κ1) is 16.1. The van der Waals surface area contributed by atoms with E-state index in [4.69, 9.17) is 20.9 Å². The van der Waals surface area contributed by atoms with E-state index in [1.807, 2.05) is 31.2 Å². The van der Waals surface area contributed by atoms with Crippen LogP contribution in [0, 0.1) is 6.92 Å². The number of nitrogens with zero attached hydrogens (tertiary/aromatic N) is 1. The molecule has 0 aliphatic rings. The average molecular weight is 343 g/mol. The smallest absolute Gasteiger partial charge is 0.277 e. The van der Waals surface area contributed by atoms with Crippen LogP contribution in [0.4, 0.5) is 5.69 Å². The van der Waals surface area contributed by atoms with E-state index in [2.05, 4.69) is 10.5 Å². The number of halogens is 1. The molecule has 122 valence electrons. The number of nitrogens with one attached hydrogen (secondary N) is 1. The summed E-state index contributed by atoms with van der Waals surface area (Å²) in [7, 11) is 1.53. The summed E-state index contributed by atoms with van der Waals surface area (Å²) < 4.78 is 10.4. The number of rotatable bonds is 4. The van der Waals surface area contributed by atoms with Gasteiger partial charge >= 0.3 is 0 Å². The Morgan fingerprint density at radius 2 is 2.00 bits per heavy atom. The van der Waals surface area contributed by atoms with Gasteiger partial charge in [0, 0.05) is 17.3 Å². The summed E-state index contributed by atoms with van der Waals surface area (Å²) >= 11 is 6.05. The van der Waals surface area contributed by atoms with Crippen LogP contribution in [-0.4, -0.2) is 18.2 Å². The summed E-state index contributed by atoms with van der Waals surface area (Å²) in [6.45, 7) is 1.97. The molecule has 0 bridgehead atoms. The summed E-state index contributed by atoms with van der Waals surface area (Å²) in [5.41, 5.74) is 2.69.